The predicted molar refractivity (Wildman–Crippen MR) is 77.4 cm³/mol. The van der Waals surface area contributed by atoms with Crippen molar-refractivity contribution in [2.45, 2.75) is 51.3 Å². The molecule has 0 aromatic heterocycles. The van der Waals surface area contributed by atoms with E-state index >= 15 is 0 Å². The number of carbonyl (C=O) groups is 2. The van der Waals surface area contributed by atoms with E-state index in [9.17, 15) is 9.59 Å². The fourth-order valence-corrected chi connectivity index (χ4v) is 4.80. The average molecular weight is 308 g/mol. The molecule has 6 nitrogen and oxygen atoms in total. The summed E-state index contributed by atoms with van der Waals surface area (Å²) in [6.45, 7) is 5.19. The maximum Gasteiger partial charge on any atom is 0.312 e. The summed E-state index contributed by atoms with van der Waals surface area (Å²) in [7, 11) is 0. The van der Waals surface area contributed by atoms with Crippen molar-refractivity contribution in [3.05, 3.63) is 0 Å². The molecule has 4 rings (SSSR count). The summed E-state index contributed by atoms with van der Waals surface area (Å²) in [6.07, 6.45) is 3.49. The molecule has 0 aromatic carbocycles. The van der Waals surface area contributed by atoms with E-state index in [2.05, 4.69) is 10.6 Å². The van der Waals surface area contributed by atoms with Crippen LogP contribution in [0.3, 0.4) is 0 Å². The zero-order chi connectivity index (χ0) is 15.5. The maximum absolute atomic E-state index is 12.4. The molecule has 0 radical (unpaired) electrons. The second-order valence-corrected chi connectivity index (χ2v) is 7.76. The molecule has 2 aliphatic carbocycles. The van der Waals surface area contributed by atoms with Crippen LogP contribution < -0.4 is 10.6 Å². The SMILES string of the molecule is CC(C(=O)OC1CC2C[C@@H]1CC21COC(=O)C1)C1(C)NCN1. The van der Waals surface area contributed by atoms with Gasteiger partial charge >= 0.3 is 11.9 Å². The topological polar surface area (TPSA) is 76.7 Å². The first-order valence-corrected chi connectivity index (χ1v) is 8.28. The summed E-state index contributed by atoms with van der Waals surface area (Å²) in [6, 6.07) is 0. The highest BCUT2D eigenvalue weighted by Gasteiger charge is 2.59. The quantitative estimate of drug-likeness (QED) is 0.750. The minimum absolute atomic E-state index is 0.0185. The Morgan fingerprint density at radius 2 is 2.18 bits per heavy atom. The van der Waals surface area contributed by atoms with Crippen molar-refractivity contribution in [1.82, 2.24) is 10.6 Å². The van der Waals surface area contributed by atoms with E-state index in [1.807, 2.05) is 13.8 Å². The van der Waals surface area contributed by atoms with Crippen LogP contribution >= 0.6 is 0 Å². The fraction of sp³-hybridized carbons (Fsp3) is 0.875. The van der Waals surface area contributed by atoms with E-state index < -0.39 is 0 Å². The number of esters is 2. The minimum atomic E-state index is -0.346. The first-order valence-electron chi connectivity index (χ1n) is 8.28. The van der Waals surface area contributed by atoms with Crippen LogP contribution in [0.25, 0.3) is 0 Å². The number of hydrogen-bond acceptors (Lipinski definition) is 6. The number of carbonyl (C=O) groups excluding carboxylic acids is 2. The summed E-state index contributed by atoms with van der Waals surface area (Å²) in [5, 5.41) is 6.48. The largest absolute Gasteiger partial charge is 0.465 e. The molecule has 2 saturated carbocycles. The standard InChI is InChI=1S/C16H24N2O4/c1-9(15(2)17-8-18-15)14(20)22-12-4-11-3-10(12)5-16(11)6-13(19)21-7-16/h9-12,17-18H,3-8H2,1-2H3/t9?,10-,11?,12?,16?/m1/s1. The van der Waals surface area contributed by atoms with Gasteiger partial charge in [-0.05, 0) is 44.9 Å². The Hall–Kier alpha value is -1.14. The molecule has 4 aliphatic rings. The van der Waals surface area contributed by atoms with Crippen molar-refractivity contribution in [3.63, 3.8) is 0 Å². The molecular weight excluding hydrogens is 284 g/mol. The van der Waals surface area contributed by atoms with E-state index in [0.29, 0.717) is 24.9 Å². The normalized spacial score (nSPS) is 43.0. The lowest BCUT2D eigenvalue weighted by atomic mass is 9.72. The molecular formula is C16H24N2O4. The predicted octanol–water partition coefficient (Wildman–Crippen LogP) is 0.764. The van der Waals surface area contributed by atoms with E-state index in [1.54, 1.807) is 0 Å². The highest BCUT2D eigenvalue weighted by molar-refractivity contribution is 5.74. The molecule has 2 bridgehead atoms. The second-order valence-electron chi connectivity index (χ2n) is 7.76. The van der Waals surface area contributed by atoms with Crippen molar-refractivity contribution in [1.29, 1.82) is 0 Å². The summed E-state index contributed by atoms with van der Waals surface area (Å²) in [5.74, 6) is 0.446. The van der Waals surface area contributed by atoms with Crippen LogP contribution in [-0.4, -0.2) is 37.0 Å². The number of cyclic esters (lactones) is 1. The summed E-state index contributed by atoms with van der Waals surface area (Å²) >= 11 is 0. The van der Waals surface area contributed by atoms with Crippen LogP contribution in [-0.2, 0) is 19.1 Å². The van der Waals surface area contributed by atoms with Crippen LogP contribution in [0.1, 0.15) is 39.5 Å². The van der Waals surface area contributed by atoms with Crippen LogP contribution in [0.4, 0.5) is 0 Å². The molecule has 6 heteroatoms. The molecule has 5 atom stereocenters. The molecule has 2 saturated heterocycles. The summed E-state index contributed by atoms with van der Waals surface area (Å²) in [5.41, 5.74) is -0.305. The molecule has 2 heterocycles. The van der Waals surface area contributed by atoms with Gasteiger partial charge in [0, 0.05) is 12.1 Å². The summed E-state index contributed by atoms with van der Waals surface area (Å²) < 4.78 is 11.0. The number of fused-ring (bicyclic) bond motifs is 3. The maximum atomic E-state index is 12.4. The molecule has 22 heavy (non-hydrogen) atoms. The van der Waals surface area contributed by atoms with Gasteiger partial charge in [-0.15, -0.1) is 0 Å². The van der Waals surface area contributed by atoms with Gasteiger partial charge in [0.25, 0.3) is 0 Å². The van der Waals surface area contributed by atoms with Gasteiger partial charge < -0.3 is 9.47 Å². The molecule has 4 unspecified atom stereocenters. The first-order chi connectivity index (χ1) is 10.4. The molecule has 2 aliphatic heterocycles. The number of nitrogens with one attached hydrogen (secondary N) is 2. The first kappa shape index (κ1) is 14.5. The highest BCUT2D eigenvalue weighted by Crippen LogP contribution is 2.60. The lowest BCUT2D eigenvalue weighted by Gasteiger charge is -2.45. The van der Waals surface area contributed by atoms with Crippen LogP contribution in [0.5, 0.6) is 0 Å². The van der Waals surface area contributed by atoms with Gasteiger partial charge in [0.1, 0.15) is 6.10 Å². The van der Waals surface area contributed by atoms with Crippen LogP contribution in [0.2, 0.25) is 0 Å². The zero-order valence-corrected chi connectivity index (χ0v) is 13.2. The Kier molecular flexibility index (Phi) is 3.07. The van der Waals surface area contributed by atoms with Crippen LogP contribution in [0.15, 0.2) is 0 Å². The van der Waals surface area contributed by atoms with Gasteiger partial charge in [0.15, 0.2) is 0 Å². The van der Waals surface area contributed by atoms with E-state index in [-0.39, 0.29) is 35.0 Å². The molecule has 122 valence electrons. The van der Waals surface area contributed by atoms with E-state index in [0.717, 1.165) is 25.9 Å². The Balaban J connectivity index is 1.37. The van der Waals surface area contributed by atoms with Gasteiger partial charge in [-0.1, -0.05) is 0 Å². The molecule has 0 aromatic rings. The van der Waals surface area contributed by atoms with E-state index in [4.69, 9.17) is 9.47 Å². The van der Waals surface area contributed by atoms with Crippen molar-refractivity contribution < 1.29 is 19.1 Å². The molecule has 4 fully saturated rings. The highest BCUT2D eigenvalue weighted by atomic mass is 16.5. The van der Waals surface area contributed by atoms with Crippen molar-refractivity contribution in [3.8, 4) is 0 Å². The fourth-order valence-electron chi connectivity index (χ4n) is 4.80. The smallest absolute Gasteiger partial charge is 0.312 e. The van der Waals surface area contributed by atoms with Gasteiger partial charge in [-0.2, -0.15) is 0 Å². The third-order valence-electron chi connectivity index (χ3n) is 6.58. The van der Waals surface area contributed by atoms with Gasteiger partial charge in [0.2, 0.25) is 0 Å². The van der Waals surface area contributed by atoms with Gasteiger partial charge in [-0.25, -0.2) is 0 Å². The van der Waals surface area contributed by atoms with Crippen molar-refractivity contribution >= 4 is 11.9 Å². The molecule has 0 amide bonds. The Morgan fingerprint density at radius 3 is 2.68 bits per heavy atom. The Morgan fingerprint density at radius 1 is 1.41 bits per heavy atom. The average Bonchev–Trinajstić information content (AvgIpc) is 3.10. The molecule has 1 spiro atoms. The lowest BCUT2D eigenvalue weighted by molar-refractivity contribution is -0.162. The van der Waals surface area contributed by atoms with Gasteiger partial charge in [0.05, 0.1) is 24.6 Å². The number of rotatable bonds is 3. The Labute approximate surface area is 130 Å². The number of ether oxygens (including phenoxy) is 2. The zero-order valence-electron chi connectivity index (χ0n) is 13.2. The third-order valence-corrected chi connectivity index (χ3v) is 6.58. The van der Waals surface area contributed by atoms with Crippen molar-refractivity contribution in [2.24, 2.45) is 23.2 Å². The third kappa shape index (κ3) is 2.00. The Bertz CT molecular complexity index is 518. The number of hydrogen-bond donors (Lipinski definition) is 2. The lowest BCUT2D eigenvalue weighted by Crippen LogP contribution is -2.73. The van der Waals surface area contributed by atoms with Crippen molar-refractivity contribution in [2.75, 3.05) is 13.3 Å². The minimum Gasteiger partial charge on any atom is -0.465 e. The monoisotopic (exact) mass is 308 g/mol. The van der Waals surface area contributed by atoms with E-state index in [1.165, 1.54) is 0 Å². The molecule has 2 N–H and O–H groups in total. The second kappa shape index (κ2) is 4.68. The summed E-state index contributed by atoms with van der Waals surface area (Å²) in [4.78, 5) is 23.9. The van der Waals surface area contributed by atoms with Crippen LogP contribution in [0, 0.1) is 23.2 Å². The van der Waals surface area contributed by atoms with Gasteiger partial charge in [-0.3, -0.25) is 20.2 Å².